The van der Waals surface area contributed by atoms with Crippen molar-refractivity contribution in [1.29, 1.82) is 0 Å². The smallest absolute Gasteiger partial charge is 0.289 e. The number of carbonyl (C=O) groups is 2. The minimum absolute atomic E-state index is 0.0485. The number of halogens is 3. The SMILES string of the molecule is O=C(Cl)c1ncc(-c2cccc3cc(C(=O)N4CCC(F)(F)CC4)ccc23)cn1. The molecule has 148 valence electrons. The van der Waals surface area contributed by atoms with Gasteiger partial charge in [0.25, 0.3) is 17.1 Å². The minimum Gasteiger partial charge on any atom is -0.338 e. The number of amides is 1. The van der Waals surface area contributed by atoms with Crippen molar-refractivity contribution in [2.24, 2.45) is 0 Å². The summed E-state index contributed by atoms with van der Waals surface area (Å²) in [6, 6.07) is 10.9. The highest BCUT2D eigenvalue weighted by atomic mass is 35.5. The molecule has 2 heterocycles. The summed E-state index contributed by atoms with van der Waals surface area (Å²) in [5.41, 5.74) is 2.00. The summed E-state index contributed by atoms with van der Waals surface area (Å²) in [5.74, 6) is -3.02. The zero-order chi connectivity index (χ0) is 20.6. The molecule has 5 nitrogen and oxygen atoms in total. The molecule has 0 aliphatic carbocycles. The fourth-order valence-electron chi connectivity index (χ4n) is 3.46. The van der Waals surface area contributed by atoms with Crippen LogP contribution < -0.4 is 0 Å². The fourth-order valence-corrected chi connectivity index (χ4v) is 3.55. The van der Waals surface area contributed by atoms with Crippen LogP contribution in [-0.4, -0.2) is 45.0 Å². The lowest BCUT2D eigenvalue weighted by molar-refractivity contribution is -0.0494. The topological polar surface area (TPSA) is 63.2 Å². The molecule has 0 N–H and O–H groups in total. The second kappa shape index (κ2) is 7.48. The standard InChI is InChI=1S/C21H16ClF2N3O2/c22-18(28)19-25-11-15(12-26-19)16-3-1-2-13-10-14(4-5-17(13)16)20(29)27-8-6-21(23,24)7-9-27/h1-5,10-12H,6-9H2. The zero-order valence-electron chi connectivity index (χ0n) is 15.2. The van der Waals surface area contributed by atoms with Gasteiger partial charge in [-0.15, -0.1) is 0 Å². The first kappa shape index (κ1) is 19.4. The third-order valence-electron chi connectivity index (χ3n) is 5.05. The van der Waals surface area contributed by atoms with Gasteiger partial charge in [0, 0.05) is 49.5 Å². The van der Waals surface area contributed by atoms with Crippen LogP contribution in [0.1, 0.15) is 33.8 Å². The van der Waals surface area contributed by atoms with Crippen LogP contribution in [0, 0.1) is 0 Å². The fraction of sp³-hybridized carbons (Fsp3) is 0.238. The monoisotopic (exact) mass is 415 g/mol. The van der Waals surface area contributed by atoms with Gasteiger partial charge in [-0.05, 0) is 40.1 Å². The molecule has 8 heteroatoms. The van der Waals surface area contributed by atoms with E-state index in [1.165, 1.54) is 17.3 Å². The van der Waals surface area contributed by atoms with Crippen LogP contribution in [0.15, 0.2) is 48.8 Å². The lowest BCUT2D eigenvalue weighted by Gasteiger charge is -2.31. The van der Waals surface area contributed by atoms with E-state index >= 15 is 0 Å². The van der Waals surface area contributed by atoms with Gasteiger partial charge in [0.15, 0.2) is 0 Å². The summed E-state index contributed by atoms with van der Waals surface area (Å²) < 4.78 is 26.7. The molecular formula is C21H16ClF2N3O2. The number of aromatic nitrogens is 2. The first-order valence-corrected chi connectivity index (χ1v) is 9.44. The van der Waals surface area contributed by atoms with Gasteiger partial charge in [-0.3, -0.25) is 9.59 Å². The lowest BCUT2D eigenvalue weighted by Crippen LogP contribution is -2.42. The third-order valence-corrected chi connectivity index (χ3v) is 5.22. The molecule has 1 aliphatic rings. The Morgan fingerprint density at radius 1 is 1.03 bits per heavy atom. The summed E-state index contributed by atoms with van der Waals surface area (Å²) in [4.78, 5) is 33.3. The average Bonchev–Trinajstić information content (AvgIpc) is 2.72. The first-order chi connectivity index (χ1) is 13.8. The maximum atomic E-state index is 13.4. The van der Waals surface area contributed by atoms with Gasteiger partial charge in [0.2, 0.25) is 5.82 Å². The largest absolute Gasteiger partial charge is 0.338 e. The van der Waals surface area contributed by atoms with Crippen molar-refractivity contribution in [1.82, 2.24) is 14.9 Å². The van der Waals surface area contributed by atoms with E-state index in [0.29, 0.717) is 11.1 Å². The zero-order valence-corrected chi connectivity index (χ0v) is 16.0. The molecule has 29 heavy (non-hydrogen) atoms. The van der Waals surface area contributed by atoms with E-state index in [1.807, 2.05) is 24.3 Å². The number of benzene rings is 2. The lowest BCUT2D eigenvalue weighted by atomic mass is 9.98. The number of fused-ring (bicyclic) bond motifs is 1. The van der Waals surface area contributed by atoms with Crippen molar-refractivity contribution < 1.29 is 18.4 Å². The van der Waals surface area contributed by atoms with Crippen LogP contribution in [0.5, 0.6) is 0 Å². The van der Waals surface area contributed by atoms with Gasteiger partial charge in [-0.25, -0.2) is 18.7 Å². The third kappa shape index (κ3) is 3.96. The molecule has 1 aliphatic heterocycles. The number of alkyl halides is 2. The van der Waals surface area contributed by atoms with E-state index in [0.717, 1.165) is 16.3 Å². The maximum absolute atomic E-state index is 13.4. The number of nitrogens with zero attached hydrogens (tertiary/aromatic N) is 3. The Kier molecular flexibility index (Phi) is 5.00. The molecule has 2 aromatic carbocycles. The minimum atomic E-state index is -2.69. The second-order valence-electron chi connectivity index (χ2n) is 6.96. The highest BCUT2D eigenvalue weighted by Crippen LogP contribution is 2.31. The Balaban J connectivity index is 1.64. The summed E-state index contributed by atoms with van der Waals surface area (Å²) in [5, 5.41) is 0.976. The number of piperidine rings is 1. The Morgan fingerprint density at radius 2 is 1.72 bits per heavy atom. The van der Waals surface area contributed by atoms with Crippen LogP contribution in [0.3, 0.4) is 0 Å². The quantitative estimate of drug-likeness (QED) is 0.589. The normalized spacial score (nSPS) is 16.0. The predicted molar refractivity (Wildman–Crippen MR) is 105 cm³/mol. The predicted octanol–water partition coefficient (Wildman–Crippen LogP) is 4.55. The van der Waals surface area contributed by atoms with Crippen molar-refractivity contribution in [3.8, 4) is 11.1 Å². The van der Waals surface area contributed by atoms with E-state index in [-0.39, 0.29) is 37.7 Å². The number of hydrogen-bond acceptors (Lipinski definition) is 4. The highest BCUT2D eigenvalue weighted by molar-refractivity contribution is 6.67. The van der Waals surface area contributed by atoms with Crippen LogP contribution >= 0.6 is 11.6 Å². The average molecular weight is 416 g/mol. The number of rotatable bonds is 3. The molecule has 1 aromatic heterocycles. The number of carbonyl (C=O) groups excluding carboxylic acids is 2. The first-order valence-electron chi connectivity index (χ1n) is 9.06. The van der Waals surface area contributed by atoms with Gasteiger partial charge < -0.3 is 4.90 Å². The molecule has 1 fully saturated rings. The van der Waals surface area contributed by atoms with E-state index in [4.69, 9.17) is 11.6 Å². The number of likely N-dealkylation sites (tertiary alicyclic amines) is 1. The molecule has 4 rings (SSSR count). The van der Waals surface area contributed by atoms with Crippen molar-refractivity contribution >= 4 is 33.5 Å². The molecule has 0 spiro atoms. The Labute approximate surface area is 170 Å². The summed E-state index contributed by atoms with van der Waals surface area (Å²) >= 11 is 5.38. The summed E-state index contributed by atoms with van der Waals surface area (Å²) in [7, 11) is 0. The molecule has 0 saturated carbocycles. The van der Waals surface area contributed by atoms with Gasteiger partial charge >= 0.3 is 0 Å². The van der Waals surface area contributed by atoms with Gasteiger partial charge in [0.05, 0.1) is 0 Å². The van der Waals surface area contributed by atoms with Crippen LogP contribution in [0.4, 0.5) is 8.78 Å². The molecule has 0 atom stereocenters. The Hall–Kier alpha value is -2.93. The van der Waals surface area contributed by atoms with Crippen LogP contribution in [0.2, 0.25) is 0 Å². The van der Waals surface area contributed by atoms with Gasteiger partial charge in [-0.2, -0.15) is 0 Å². The molecule has 0 bridgehead atoms. The second-order valence-corrected chi connectivity index (χ2v) is 7.30. The van der Waals surface area contributed by atoms with Crippen LogP contribution in [0.25, 0.3) is 21.9 Å². The van der Waals surface area contributed by atoms with Gasteiger partial charge in [-0.1, -0.05) is 24.3 Å². The molecule has 0 radical (unpaired) electrons. The summed E-state index contributed by atoms with van der Waals surface area (Å²) in [6.45, 7) is 0.0970. The van der Waals surface area contributed by atoms with E-state index in [9.17, 15) is 18.4 Å². The summed E-state index contributed by atoms with van der Waals surface area (Å²) in [6.07, 6.45) is 2.42. The molecule has 1 amide bonds. The Morgan fingerprint density at radius 3 is 2.38 bits per heavy atom. The van der Waals surface area contributed by atoms with Crippen molar-refractivity contribution in [2.75, 3.05) is 13.1 Å². The van der Waals surface area contributed by atoms with E-state index < -0.39 is 11.2 Å². The van der Waals surface area contributed by atoms with Crippen LogP contribution in [-0.2, 0) is 0 Å². The molecule has 1 saturated heterocycles. The maximum Gasteiger partial charge on any atom is 0.289 e. The Bertz CT molecular complexity index is 1090. The number of hydrogen-bond donors (Lipinski definition) is 0. The highest BCUT2D eigenvalue weighted by Gasteiger charge is 2.35. The van der Waals surface area contributed by atoms with Crippen molar-refractivity contribution in [2.45, 2.75) is 18.8 Å². The van der Waals surface area contributed by atoms with E-state index in [1.54, 1.807) is 12.1 Å². The molecular weight excluding hydrogens is 400 g/mol. The molecule has 0 unspecified atom stereocenters. The van der Waals surface area contributed by atoms with Gasteiger partial charge in [0.1, 0.15) is 0 Å². The molecule has 3 aromatic rings. The van der Waals surface area contributed by atoms with Crippen molar-refractivity contribution in [3.63, 3.8) is 0 Å². The van der Waals surface area contributed by atoms with E-state index in [2.05, 4.69) is 9.97 Å². The van der Waals surface area contributed by atoms with Crippen molar-refractivity contribution in [3.05, 3.63) is 60.2 Å².